The van der Waals surface area contributed by atoms with Crippen molar-refractivity contribution >= 4 is 11.7 Å². The number of nitrogens with zero attached hydrogens (tertiary/aromatic N) is 1. The van der Waals surface area contributed by atoms with Crippen molar-refractivity contribution < 1.29 is 13.9 Å². The average Bonchev–Trinajstić information content (AvgIpc) is 2.56. The molecule has 2 N–H and O–H groups in total. The second-order valence-corrected chi connectivity index (χ2v) is 5.32. The lowest BCUT2D eigenvalue weighted by molar-refractivity contribution is 0.122. The lowest BCUT2D eigenvalue weighted by atomic mass is 10.0. The minimum Gasteiger partial charge on any atom is -0.378 e. The normalized spacial score (nSPS) is 16.2. The molecule has 1 fully saturated rings. The molecule has 6 heteroatoms. The van der Waals surface area contributed by atoms with Gasteiger partial charge in [-0.15, -0.1) is 0 Å². The Balaban J connectivity index is 1.99. The Morgan fingerprint density at radius 1 is 1.36 bits per heavy atom. The zero-order valence-corrected chi connectivity index (χ0v) is 13.0. The molecule has 1 saturated heterocycles. The van der Waals surface area contributed by atoms with Gasteiger partial charge in [-0.1, -0.05) is 18.2 Å². The van der Waals surface area contributed by atoms with E-state index in [1.165, 1.54) is 0 Å². The van der Waals surface area contributed by atoms with E-state index in [1.54, 1.807) is 0 Å². The number of ether oxygens (including phenoxy) is 1. The standard InChI is InChI=1S/C16H24FN3O2/c1-13(19-16(21)18-8-4-7-17)14-5-2-3-6-15(14)20-9-11-22-12-10-20/h2-3,5-6,13H,4,7-12H2,1H3,(H2,18,19,21)/t13-/m1/s1. The molecule has 122 valence electrons. The first-order valence-corrected chi connectivity index (χ1v) is 7.74. The van der Waals surface area contributed by atoms with E-state index < -0.39 is 6.67 Å². The number of rotatable bonds is 6. The molecule has 1 atom stereocenters. The van der Waals surface area contributed by atoms with E-state index in [2.05, 4.69) is 21.6 Å². The minimum absolute atomic E-state index is 0.121. The molecule has 0 radical (unpaired) electrons. The topological polar surface area (TPSA) is 53.6 Å². The third-order valence-electron chi connectivity index (χ3n) is 3.70. The highest BCUT2D eigenvalue weighted by Gasteiger charge is 2.18. The Labute approximate surface area is 130 Å². The van der Waals surface area contributed by atoms with Gasteiger partial charge in [0.1, 0.15) is 0 Å². The van der Waals surface area contributed by atoms with Crippen LogP contribution >= 0.6 is 0 Å². The summed E-state index contributed by atoms with van der Waals surface area (Å²) >= 11 is 0. The van der Waals surface area contributed by atoms with E-state index in [1.807, 2.05) is 25.1 Å². The highest BCUT2D eigenvalue weighted by atomic mass is 19.1. The zero-order chi connectivity index (χ0) is 15.8. The summed E-state index contributed by atoms with van der Waals surface area (Å²) in [5.74, 6) is 0. The van der Waals surface area contributed by atoms with Gasteiger partial charge in [-0.2, -0.15) is 0 Å². The maximum Gasteiger partial charge on any atom is 0.315 e. The number of nitrogens with one attached hydrogen (secondary N) is 2. The Bertz CT molecular complexity index is 478. The maximum atomic E-state index is 12.0. The number of benzene rings is 1. The van der Waals surface area contributed by atoms with Crippen LogP contribution in [0.25, 0.3) is 0 Å². The summed E-state index contributed by atoms with van der Waals surface area (Å²) in [4.78, 5) is 14.1. The maximum absolute atomic E-state index is 12.0. The first kappa shape index (κ1) is 16.5. The fourth-order valence-electron chi connectivity index (χ4n) is 2.54. The van der Waals surface area contributed by atoms with Gasteiger partial charge in [0, 0.05) is 25.3 Å². The number of morpholine rings is 1. The highest BCUT2D eigenvalue weighted by Crippen LogP contribution is 2.26. The van der Waals surface area contributed by atoms with E-state index in [9.17, 15) is 9.18 Å². The van der Waals surface area contributed by atoms with Crippen LogP contribution in [-0.2, 0) is 4.74 Å². The highest BCUT2D eigenvalue weighted by molar-refractivity contribution is 5.74. The van der Waals surface area contributed by atoms with Gasteiger partial charge >= 0.3 is 6.03 Å². The molecule has 5 nitrogen and oxygen atoms in total. The molecule has 0 bridgehead atoms. The van der Waals surface area contributed by atoms with Crippen molar-refractivity contribution in [1.82, 2.24) is 10.6 Å². The third kappa shape index (κ3) is 4.59. The largest absolute Gasteiger partial charge is 0.378 e. The predicted octanol–water partition coefficient (Wildman–Crippen LogP) is 2.24. The summed E-state index contributed by atoms with van der Waals surface area (Å²) in [5, 5.41) is 5.56. The Morgan fingerprint density at radius 2 is 2.09 bits per heavy atom. The van der Waals surface area contributed by atoms with Crippen molar-refractivity contribution in [2.75, 3.05) is 44.4 Å². The van der Waals surface area contributed by atoms with E-state index in [0.29, 0.717) is 13.0 Å². The fraction of sp³-hybridized carbons (Fsp3) is 0.562. The number of para-hydroxylation sites is 1. The number of amides is 2. The number of alkyl halides is 1. The third-order valence-corrected chi connectivity index (χ3v) is 3.70. The van der Waals surface area contributed by atoms with Gasteiger partial charge in [-0.05, 0) is 25.0 Å². The molecule has 0 unspecified atom stereocenters. The van der Waals surface area contributed by atoms with Gasteiger partial charge in [0.05, 0.1) is 25.9 Å². The van der Waals surface area contributed by atoms with Crippen LogP contribution in [0, 0.1) is 0 Å². The number of hydrogen-bond donors (Lipinski definition) is 2. The van der Waals surface area contributed by atoms with Crippen LogP contribution in [0.2, 0.25) is 0 Å². The van der Waals surface area contributed by atoms with Crippen molar-refractivity contribution in [1.29, 1.82) is 0 Å². The van der Waals surface area contributed by atoms with Crippen LogP contribution in [0.15, 0.2) is 24.3 Å². The van der Waals surface area contributed by atoms with Crippen LogP contribution in [0.1, 0.15) is 24.9 Å². The molecule has 22 heavy (non-hydrogen) atoms. The number of hydrogen-bond acceptors (Lipinski definition) is 3. The number of carbonyl (C=O) groups excluding carboxylic acids is 1. The van der Waals surface area contributed by atoms with Gasteiger partial charge in [-0.25, -0.2) is 4.79 Å². The van der Waals surface area contributed by atoms with E-state index in [4.69, 9.17) is 4.74 Å². The van der Waals surface area contributed by atoms with Crippen LogP contribution < -0.4 is 15.5 Å². The molecule has 1 heterocycles. The molecule has 0 aromatic heterocycles. The summed E-state index contributed by atoms with van der Waals surface area (Å²) < 4.78 is 17.4. The molecule has 2 rings (SSSR count). The van der Waals surface area contributed by atoms with Crippen LogP contribution in [-0.4, -0.2) is 45.6 Å². The molecule has 1 aromatic carbocycles. The van der Waals surface area contributed by atoms with Crippen LogP contribution in [0.5, 0.6) is 0 Å². The van der Waals surface area contributed by atoms with Gasteiger partial charge < -0.3 is 20.3 Å². The molecule has 0 aliphatic carbocycles. The van der Waals surface area contributed by atoms with E-state index in [-0.39, 0.29) is 12.1 Å². The molecule has 2 amide bonds. The Morgan fingerprint density at radius 3 is 2.82 bits per heavy atom. The molecule has 1 aliphatic rings. The first-order valence-electron chi connectivity index (χ1n) is 7.74. The summed E-state index contributed by atoms with van der Waals surface area (Å²) in [6, 6.07) is 7.68. The smallest absolute Gasteiger partial charge is 0.315 e. The quantitative estimate of drug-likeness (QED) is 0.793. The second-order valence-electron chi connectivity index (χ2n) is 5.32. The first-order chi connectivity index (χ1) is 10.7. The van der Waals surface area contributed by atoms with Crippen molar-refractivity contribution in [3.63, 3.8) is 0 Å². The van der Waals surface area contributed by atoms with Gasteiger partial charge in [0.25, 0.3) is 0 Å². The van der Waals surface area contributed by atoms with Gasteiger partial charge in [0.15, 0.2) is 0 Å². The van der Waals surface area contributed by atoms with Crippen LogP contribution in [0.3, 0.4) is 0 Å². The second kappa shape index (κ2) is 8.58. The molecule has 1 aliphatic heterocycles. The minimum atomic E-state index is -0.421. The SMILES string of the molecule is C[C@@H](NC(=O)NCCCF)c1ccccc1N1CCOCC1. The van der Waals surface area contributed by atoms with Crippen molar-refractivity contribution in [3.8, 4) is 0 Å². The summed E-state index contributed by atoms with van der Waals surface area (Å²) in [5.41, 5.74) is 2.20. The van der Waals surface area contributed by atoms with Crippen LogP contribution in [0.4, 0.5) is 14.9 Å². The molecule has 1 aromatic rings. The van der Waals surface area contributed by atoms with Gasteiger partial charge in [-0.3, -0.25) is 4.39 Å². The monoisotopic (exact) mass is 309 g/mol. The van der Waals surface area contributed by atoms with Crippen molar-refractivity contribution in [2.45, 2.75) is 19.4 Å². The van der Waals surface area contributed by atoms with E-state index >= 15 is 0 Å². The fourth-order valence-corrected chi connectivity index (χ4v) is 2.54. The number of halogens is 1. The lowest BCUT2D eigenvalue weighted by Crippen LogP contribution is -2.40. The molecular formula is C16H24FN3O2. The number of anilines is 1. The number of carbonyl (C=O) groups is 1. The zero-order valence-electron chi connectivity index (χ0n) is 13.0. The lowest BCUT2D eigenvalue weighted by Gasteiger charge is -2.32. The number of urea groups is 1. The predicted molar refractivity (Wildman–Crippen MR) is 85.0 cm³/mol. The Kier molecular flexibility index (Phi) is 6.45. The molecule has 0 saturated carbocycles. The summed E-state index contributed by atoms with van der Waals surface area (Å²) in [7, 11) is 0. The van der Waals surface area contributed by atoms with Crippen molar-refractivity contribution in [2.24, 2.45) is 0 Å². The molecular weight excluding hydrogens is 285 g/mol. The summed E-state index contributed by atoms with van der Waals surface area (Å²) in [6.07, 6.45) is 0.339. The van der Waals surface area contributed by atoms with E-state index in [0.717, 1.165) is 37.6 Å². The van der Waals surface area contributed by atoms with Gasteiger partial charge in [0.2, 0.25) is 0 Å². The molecule has 0 spiro atoms. The average molecular weight is 309 g/mol. The summed E-state index contributed by atoms with van der Waals surface area (Å²) in [6.45, 7) is 5.03. The Hall–Kier alpha value is -1.82. The van der Waals surface area contributed by atoms with Crippen molar-refractivity contribution in [3.05, 3.63) is 29.8 Å².